The van der Waals surface area contributed by atoms with Gasteiger partial charge in [-0.2, -0.15) is 0 Å². The number of benzene rings is 2. The second-order valence-corrected chi connectivity index (χ2v) is 6.99. The van der Waals surface area contributed by atoms with Crippen molar-refractivity contribution >= 4 is 46.4 Å². The molecule has 2 nitrogen and oxygen atoms in total. The quantitative estimate of drug-likeness (QED) is 0.430. The van der Waals surface area contributed by atoms with E-state index < -0.39 is 5.82 Å². The van der Waals surface area contributed by atoms with Crippen molar-refractivity contribution in [3.8, 4) is 0 Å². The highest BCUT2D eigenvalue weighted by atomic mass is 35.5. The van der Waals surface area contributed by atoms with Gasteiger partial charge in [-0.3, -0.25) is 4.99 Å². The predicted octanol–water partition coefficient (Wildman–Crippen LogP) is 6.53. The number of rotatable bonds is 3. The lowest BCUT2D eigenvalue weighted by Gasteiger charge is -2.29. The Labute approximate surface area is 163 Å². The van der Waals surface area contributed by atoms with Crippen LogP contribution in [0.25, 0.3) is 11.3 Å². The van der Waals surface area contributed by atoms with Crippen molar-refractivity contribution in [2.45, 2.75) is 13.8 Å². The molecule has 2 aromatic carbocycles. The highest BCUT2D eigenvalue weighted by Crippen LogP contribution is 2.38. The third-order valence-electron chi connectivity index (χ3n) is 4.34. The van der Waals surface area contributed by atoms with Crippen LogP contribution in [0.4, 0.5) is 10.1 Å². The van der Waals surface area contributed by atoms with E-state index in [0.717, 1.165) is 34.6 Å². The SMILES string of the molecule is CC=Nc1ccc(C2=C(c3cc(Cl)c(F)cc3Cl)N(C)CC=C2)cc1C. The summed E-state index contributed by atoms with van der Waals surface area (Å²) in [4.78, 5) is 6.45. The minimum Gasteiger partial charge on any atom is -0.370 e. The fraction of sp³-hybridized carbons (Fsp3) is 0.190. The highest BCUT2D eigenvalue weighted by Gasteiger charge is 2.21. The zero-order valence-electron chi connectivity index (χ0n) is 14.9. The van der Waals surface area contributed by atoms with E-state index in [2.05, 4.69) is 28.1 Å². The van der Waals surface area contributed by atoms with Gasteiger partial charge in [-0.05, 0) is 49.2 Å². The Bertz CT molecular complexity index is 945. The van der Waals surface area contributed by atoms with Gasteiger partial charge in [0.1, 0.15) is 5.82 Å². The zero-order chi connectivity index (χ0) is 18.8. The highest BCUT2D eigenvalue weighted by molar-refractivity contribution is 6.34. The fourth-order valence-corrected chi connectivity index (χ4v) is 3.50. The molecule has 0 aliphatic carbocycles. The molecule has 0 N–H and O–H groups in total. The van der Waals surface area contributed by atoms with Gasteiger partial charge >= 0.3 is 0 Å². The third-order valence-corrected chi connectivity index (χ3v) is 4.94. The van der Waals surface area contributed by atoms with E-state index in [1.807, 2.05) is 33.0 Å². The van der Waals surface area contributed by atoms with Gasteiger partial charge in [0, 0.05) is 30.9 Å². The van der Waals surface area contributed by atoms with E-state index in [4.69, 9.17) is 23.2 Å². The summed E-state index contributed by atoms with van der Waals surface area (Å²) in [5.41, 5.74) is 5.72. The monoisotopic (exact) mass is 388 g/mol. The topological polar surface area (TPSA) is 15.6 Å². The Hall–Kier alpha value is -2.10. The Morgan fingerprint density at radius 1 is 1.15 bits per heavy atom. The van der Waals surface area contributed by atoms with Crippen molar-refractivity contribution in [2.75, 3.05) is 13.6 Å². The molecule has 134 valence electrons. The van der Waals surface area contributed by atoms with Crippen molar-refractivity contribution in [3.05, 3.63) is 75.0 Å². The Morgan fingerprint density at radius 3 is 2.62 bits per heavy atom. The summed E-state index contributed by atoms with van der Waals surface area (Å²) in [6, 6.07) is 8.98. The van der Waals surface area contributed by atoms with Gasteiger partial charge in [-0.15, -0.1) is 0 Å². The second kappa shape index (κ2) is 7.65. The summed E-state index contributed by atoms with van der Waals surface area (Å²) < 4.78 is 13.7. The van der Waals surface area contributed by atoms with E-state index in [0.29, 0.717) is 10.6 Å². The van der Waals surface area contributed by atoms with Crippen LogP contribution in [0.1, 0.15) is 23.6 Å². The van der Waals surface area contributed by atoms with Crippen LogP contribution in [0, 0.1) is 12.7 Å². The lowest BCUT2D eigenvalue weighted by atomic mass is 9.94. The molecular formula is C21H19Cl2FN2. The van der Waals surface area contributed by atoms with Crippen LogP contribution in [0.5, 0.6) is 0 Å². The molecule has 2 aromatic rings. The molecule has 3 rings (SSSR count). The van der Waals surface area contributed by atoms with E-state index in [1.54, 1.807) is 12.3 Å². The van der Waals surface area contributed by atoms with E-state index in [1.165, 1.54) is 6.07 Å². The first kappa shape index (κ1) is 18.7. The number of hydrogen-bond acceptors (Lipinski definition) is 2. The van der Waals surface area contributed by atoms with Gasteiger partial charge in [0.15, 0.2) is 0 Å². The van der Waals surface area contributed by atoms with Crippen LogP contribution in [-0.2, 0) is 0 Å². The van der Waals surface area contributed by atoms with Gasteiger partial charge in [0.05, 0.1) is 21.4 Å². The molecule has 26 heavy (non-hydrogen) atoms. The molecule has 0 unspecified atom stereocenters. The van der Waals surface area contributed by atoms with Gasteiger partial charge in [0.2, 0.25) is 0 Å². The minimum absolute atomic E-state index is 0.0583. The van der Waals surface area contributed by atoms with Crippen LogP contribution < -0.4 is 0 Å². The van der Waals surface area contributed by atoms with Gasteiger partial charge < -0.3 is 4.90 Å². The van der Waals surface area contributed by atoms with E-state index in [-0.39, 0.29) is 5.02 Å². The first-order valence-electron chi connectivity index (χ1n) is 8.29. The van der Waals surface area contributed by atoms with Gasteiger partial charge in [0.25, 0.3) is 0 Å². The smallest absolute Gasteiger partial charge is 0.143 e. The summed E-state index contributed by atoms with van der Waals surface area (Å²) in [5.74, 6) is -0.519. The second-order valence-electron chi connectivity index (χ2n) is 6.18. The van der Waals surface area contributed by atoms with Crippen LogP contribution >= 0.6 is 23.2 Å². The molecule has 0 bridgehead atoms. The van der Waals surface area contributed by atoms with Crippen molar-refractivity contribution in [1.29, 1.82) is 0 Å². The summed E-state index contributed by atoms with van der Waals surface area (Å²) >= 11 is 12.4. The molecular weight excluding hydrogens is 370 g/mol. The molecule has 0 fully saturated rings. The number of allylic oxidation sites excluding steroid dienone is 2. The van der Waals surface area contributed by atoms with Crippen LogP contribution in [-0.4, -0.2) is 24.7 Å². The maximum Gasteiger partial charge on any atom is 0.143 e. The summed E-state index contributed by atoms with van der Waals surface area (Å²) in [6.07, 6.45) is 5.94. The average Bonchev–Trinajstić information content (AvgIpc) is 2.60. The van der Waals surface area contributed by atoms with Crippen LogP contribution in [0.2, 0.25) is 10.0 Å². The van der Waals surface area contributed by atoms with Crippen LogP contribution in [0.15, 0.2) is 47.5 Å². The molecule has 0 saturated carbocycles. The Balaban J connectivity index is 2.22. The summed E-state index contributed by atoms with van der Waals surface area (Å²) in [5, 5.41) is 0.397. The Morgan fingerprint density at radius 2 is 1.92 bits per heavy atom. The molecule has 0 amide bonds. The standard InChI is InChI=1S/C21H19Cl2FN2/c1-4-25-20-8-7-14(10-13(20)2)15-6-5-9-26(3)21(15)16-11-18(23)19(24)12-17(16)22/h4-8,10-12H,9H2,1-3H3. The number of hydrogen-bond donors (Lipinski definition) is 0. The molecule has 1 aliphatic rings. The number of aryl methyl sites for hydroxylation is 1. The normalized spacial score (nSPS) is 14.6. The molecule has 5 heteroatoms. The van der Waals surface area contributed by atoms with Crippen molar-refractivity contribution in [2.24, 2.45) is 4.99 Å². The average molecular weight is 389 g/mol. The first-order valence-corrected chi connectivity index (χ1v) is 9.04. The lowest BCUT2D eigenvalue weighted by Crippen LogP contribution is -2.21. The number of halogens is 3. The number of nitrogens with zero attached hydrogens (tertiary/aromatic N) is 2. The zero-order valence-corrected chi connectivity index (χ0v) is 16.4. The van der Waals surface area contributed by atoms with Gasteiger partial charge in [-0.25, -0.2) is 4.39 Å². The molecule has 0 spiro atoms. The largest absolute Gasteiger partial charge is 0.370 e. The molecule has 1 aliphatic heterocycles. The lowest BCUT2D eigenvalue weighted by molar-refractivity contribution is 0.533. The Kier molecular flexibility index (Phi) is 5.49. The maximum absolute atomic E-state index is 13.7. The van der Waals surface area contributed by atoms with Crippen LogP contribution in [0.3, 0.4) is 0 Å². The van der Waals surface area contributed by atoms with Gasteiger partial charge in [-0.1, -0.05) is 41.4 Å². The van der Waals surface area contributed by atoms with E-state index in [9.17, 15) is 4.39 Å². The summed E-state index contributed by atoms with van der Waals surface area (Å²) in [6.45, 7) is 4.67. The number of aliphatic imine (C=N–C) groups is 1. The van der Waals surface area contributed by atoms with Crippen molar-refractivity contribution in [1.82, 2.24) is 4.90 Å². The molecule has 0 radical (unpaired) electrons. The number of likely N-dealkylation sites (N-methyl/N-ethyl adjacent to an activating group) is 1. The van der Waals surface area contributed by atoms with Crippen molar-refractivity contribution in [3.63, 3.8) is 0 Å². The molecule has 0 saturated heterocycles. The molecule has 0 aromatic heterocycles. The molecule has 0 atom stereocenters. The molecule has 1 heterocycles. The fourth-order valence-electron chi connectivity index (χ4n) is 3.10. The van der Waals surface area contributed by atoms with E-state index >= 15 is 0 Å². The minimum atomic E-state index is -0.519. The van der Waals surface area contributed by atoms with Crippen molar-refractivity contribution < 1.29 is 4.39 Å². The third kappa shape index (κ3) is 3.55. The maximum atomic E-state index is 13.7. The first-order chi connectivity index (χ1) is 12.4. The summed E-state index contributed by atoms with van der Waals surface area (Å²) in [7, 11) is 1.98. The predicted molar refractivity (Wildman–Crippen MR) is 110 cm³/mol.